The third-order valence-corrected chi connectivity index (χ3v) is 5.84. The zero-order valence-electron chi connectivity index (χ0n) is 18.4. The predicted molar refractivity (Wildman–Crippen MR) is 113 cm³/mol. The number of carboxylic acids is 1. The first kappa shape index (κ1) is 24.2. The average Bonchev–Trinajstić information content (AvgIpc) is 2.73. The monoisotopic (exact) mass is 433 g/mol. The van der Waals surface area contributed by atoms with Gasteiger partial charge in [0.15, 0.2) is 0 Å². The third kappa shape index (κ3) is 5.96. The van der Waals surface area contributed by atoms with E-state index in [2.05, 4.69) is 5.32 Å². The molecule has 31 heavy (non-hydrogen) atoms. The molecule has 0 radical (unpaired) electrons. The second kappa shape index (κ2) is 10.8. The summed E-state index contributed by atoms with van der Waals surface area (Å²) in [4.78, 5) is 51.8. The van der Waals surface area contributed by atoms with Crippen LogP contribution in [0.25, 0.3) is 0 Å². The molecule has 0 bridgehead atoms. The number of likely N-dealkylation sites (N-methyl/N-ethyl adjacent to an activating group) is 1. The molecule has 0 aliphatic carbocycles. The normalized spacial score (nSPS) is 18.2. The number of aliphatic carboxylic acids is 1. The SMILES string of the molecule is CC[C@H](C)[C@H](NC(=O)OCc1ccccc1)C(=O)N(C)[C@@H](C)C(=O)N1CC[C@H]1C(=O)O. The highest BCUT2D eigenvalue weighted by Crippen LogP contribution is 2.21. The molecule has 1 aromatic rings. The van der Waals surface area contributed by atoms with Crippen molar-refractivity contribution in [2.75, 3.05) is 13.6 Å². The van der Waals surface area contributed by atoms with Crippen molar-refractivity contribution in [3.05, 3.63) is 35.9 Å². The molecular formula is C22H31N3O6. The summed E-state index contributed by atoms with van der Waals surface area (Å²) in [5.74, 6) is -2.11. The van der Waals surface area contributed by atoms with Crippen LogP contribution >= 0.6 is 0 Å². The molecule has 1 fully saturated rings. The molecule has 170 valence electrons. The lowest BCUT2D eigenvalue weighted by atomic mass is 9.97. The summed E-state index contributed by atoms with van der Waals surface area (Å²) in [7, 11) is 1.48. The van der Waals surface area contributed by atoms with Crippen molar-refractivity contribution in [1.82, 2.24) is 15.1 Å². The third-order valence-electron chi connectivity index (χ3n) is 5.84. The molecule has 1 heterocycles. The van der Waals surface area contributed by atoms with Gasteiger partial charge in [-0.25, -0.2) is 9.59 Å². The molecule has 9 heteroatoms. The molecule has 0 aromatic heterocycles. The summed E-state index contributed by atoms with van der Waals surface area (Å²) >= 11 is 0. The summed E-state index contributed by atoms with van der Waals surface area (Å²) in [6.45, 7) is 5.70. The van der Waals surface area contributed by atoms with Crippen molar-refractivity contribution < 1.29 is 29.0 Å². The Morgan fingerprint density at radius 1 is 1.23 bits per heavy atom. The van der Waals surface area contributed by atoms with E-state index in [1.807, 2.05) is 44.2 Å². The van der Waals surface area contributed by atoms with E-state index in [1.165, 1.54) is 16.8 Å². The number of carbonyl (C=O) groups is 4. The Morgan fingerprint density at radius 2 is 1.87 bits per heavy atom. The van der Waals surface area contributed by atoms with Gasteiger partial charge < -0.3 is 25.0 Å². The van der Waals surface area contributed by atoms with Crippen LogP contribution in [0.3, 0.4) is 0 Å². The van der Waals surface area contributed by atoms with Gasteiger partial charge in [-0.3, -0.25) is 9.59 Å². The number of nitrogens with zero attached hydrogens (tertiary/aromatic N) is 2. The van der Waals surface area contributed by atoms with Gasteiger partial charge in [-0.1, -0.05) is 50.6 Å². The minimum absolute atomic E-state index is 0.0738. The van der Waals surface area contributed by atoms with E-state index in [0.717, 1.165) is 5.56 Å². The number of nitrogens with one attached hydrogen (secondary N) is 1. The van der Waals surface area contributed by atoms with Crippen molar-refractivity contribution in [2.45, 2.75) is 58.3 Å². The fraction of sp³-hybridized carbons (Fsp3) is 0.545. The maximum Gasteiger partial charge on any atom is 0.408 e. The van der Waals surface area contributed by atoms with E-state index in [-0.39, 0.29) is 12.5 Å². The first-order valence-electron chi connectivity index (χ1n) is 10.4. The maximum atomic E-state index is 13.1. The largest absolute Gasteiger partial charge is 0.480 e. The molecule has 2 N–H and O–H groups in total. The molecule has 1 aromatic carbocycles. The van der Waals surface area contributed by atoms with Gasteiger partial charge in [0.25, 0.3) is 0 Å². The van der Waals surface area contributed by atoms with Crippen molar-refractivity contribution >= 4 is 23.9 Å². The van der Waals surface area contributed by atoms with Crippen molar-refractivity contribution in [2.24, 2.45) is 5.92 Å². The smallest absolute Gasteiger partial charge is 0.408 e. The van der Waals surface area contributed by atoms with Crippen LogP contribution in [0.2, 0.25) is 0 Å². The van der Waals surface area contributed by atoms with E-state index in [0.29, 0.717) is 19.4 Å². The number of carbonyl (C=O) groups excluding carboxylic acids is 3. The van der Waals surface area contributed by atoms with Crippen LogP contribution in [-0.2, 0) is 25.7 Å². The molecule has 0 unspecified atom stereocenters. The first-order chi connectivity index (χ1) is 14.7. The quantitative estimate of drug-likeness (QED) is 0.614. The van der Waals surface area contributed by atoms with Crippen LogP contribution in [0.4, 0.5) is 4.79 Å². The predicted octanol–water partition coefficient (Wildman–Crippen LogP) is 1.86. The molecule has 1 saturated heterocycles. The molecule has 2 rings (SSSR count). The van der Waals surface area contributed by atoms with Crippen LogP contribution in [0.1, 0.15) is 39.2 Å². The summed E-state index contributed by atoms with van der Waals surface area (Å²) < 4.78 is 5.24. The fourth-order valence-electron chi connectivity index (χ4n) is 3.30. The van der Waals surface area contributed by atoms with Gasteiger partial charge in [-0.15, -0.1) is 0 Å². The van der Waals surface area contributed by atoms with E-state index in [9.17, 15) is 24.3 Å². The Balaban J connectivity index is 2.01. The number of alkyl carbamates (subject to hydrolysis) is 1. The number of amides is 3. The van der Waals surface area contributed by atoms with Crippen molar-refractivity contribution in [3.8, 4) is 0 Å². The highest BCUT2D eigenvalue weighted by Gasteiger charge is 2.41. The van der Waals surface area contributed by atoms with Gasteiger partial charge in [-0.05, 0) is 24.8 Å². The molecule has 1 aliphatic rings. The fourth-order valence-corrected chi connectivity index (χ4v) is 3.30. The van der Waals surface area contributed by atoms with Crippen LogP contribution in [0.5, 0.6) is 0 Å². The number of hydrogen-bond acceptors (Lipinski definition) is 5. The lowest BCUT2D eigenvalue weighted by Crippen LogP contribution is -2.61. The van der Waals surface area contributed by atoms with Crippen LogP contribution < -0.4 is 5.32 Å². The van der Waals surface area contributed by atoms with Gasteiger partial charge >= 0.3 is 12.1 Å². The highest BCUT2D eigenvalue weighted by atomic mass is 16.5. The first-order valence-corrected chi connectivity index (χ1v) is 10.4. The van der Waals surface area contributed by atoms with Crippen LogP contribution in [0, 0.1) is 5.92 Å². The average molecular weight is 434 g/mol. The van der Waals surface area contributed by atoms with Gasteiger partial charge in [0, 0.05) is 13.6 Å². The second-order valence-electron chi connectivity index (χ2n) is 7.87. The van der Waals surface area contributed by atoms with Gasteiger partial charge in [0.2, 0.25) is 11.8 Å². The van der Waals surface area contributed by atoms with Crippen LogP contribution in [0.15, 0.2) is 30.3 Å². The number of hydrogen-bond donors (Lipinski definition) is 2. The Bertz CT molecular complexity index is 800. The molecule has 0 saturated carbocycles. The van der Waals surface area contributed by atoms with Crippen molar-refractivity contribution in [3.63, 3.8) is 0 Å². The van der Waals surface area contributed by atoms with E-state index in [1.54, 1.807) is 6.92 Å². The lowest BCUT2D eigenvalue weighted by Gasteiger charge is -2.41. The maximum absolute atomic E-state index is 13.1. The molecule has 3 amide bonds. The lowest BCUT2D eigenvalue weighted by molar-refractivity contribution is -0.160. The molecule has 4 atom stereocenters. The Hall–Kier alpha value is -3.10. The topological polar surface area (TPSA) is 116 Å². The summed E-state index contributed by atoms with van der Waals surface area (Å²) in [6, 6.07) is 6.60. The van der Waals surface area contributed by atoms with Gasteiger partial charge in [-0.2, -0.15) is 0 Å². The van der Waals surface area contributed by atoms with Gasteiger partial charge in [0.1, 0.15) is 24.7 Å². The standard InChI is InChI=1S/C22H31N3O6/c1-5-14(2)18(23-22(30)31-13-16-9-7-6-8-10-16)20(27)24(4)15(3)19(26)25-12-11-17(25)21(28)29/h6-10,14-15,17-18H,5,11-13H2,1-4H3,(H,23,30)(H,28,29)/t14-,15-,17-,18-/m0/s1. The minimum atomic E-state index is -1.05. The number of carboxylic acid groups (broad SMARTS) is 1. The van der Waals surface area contributed by atoms with Gasteiger partial charge in [0.05, 0.1) is 0 Å². The van der Waals surface area contributed by atoms with E-state index in [4.69, 9.17) is 4.74 Å². The Morgan fingerprint density at radius 3 is 2.39 bits per heavy atom. The summed E-state index contributed by atoms with van der Waals surface area (Å²) in [5, 5.41) is 11.8. The number of rotatable bonds is 9. The van der Waals surface area contributed by atoms with Crippen molar-refractivity contribution in [1.29, 1.82) is 0 Å². The summed E-state index contributed by atoms with van der Waals surface area (Å²) in [5.41, 5.74) is 0.822. The molecular weight excluding hydrogens is 402 g/mol. The number of ether oxygens (including phenoxy) is 1. The zero-order valence-corrected chi connectivity index (χ0v) is 18.4. The highest BCUT2D eigenvalue weighted by molar-refractivity contribution is 5.93. The second-order valence-corrected chi connectivity index (χ2v) is 7.87. The van der Waals surface area contributed by atoms with E-state index < -0.39 is 42.0 Å². The zero-order chi connectivity index (χ0) is 23.1. The molecule has 1 aliphatic heterocycles. The molecule has 9 nitrogen and oxygen atoms in total. The summed E-state index contributed by atoms with van der Waals surface area (Å²) in [6.07, 6.45) is 0.303. The molecule has 0 spiro atoms. The minimum Gasteiger partial charge on any atom is -0.480 e. The number of benzene rings is 1. The van der Waals surface area contributed by atoms with E-state index >= 15 is 0 Å². The Labute approximate surface area is 182 Å². The van der Waals surface area contributed by atoms with Crippen LogP contribution in [-0.4, -0.2) is 70.5 Å². The Kier molecular flexibility index (Phi) is 8.41. The number of likely N-dealkylation sites (tertiary alicyclic amines) is 1.